The fraction of sp³-hybridized carbons (Fsp3) is 0.933. The van der Waals surface area contributed by atoms with Crippen molar-refractivity contribution in [2.45, 2.75) is 64.0 Å². The molecule has 1 aliphatic carbocycles. The third-order valence-electron chi connectivity index (χ3n) is 4.43. The molecule has 2 rings (SSSR count). The number of carbonyl (C=O) groups excluding carboxylic acids is 1. The van der Waals surface area contributed by atoms with Crippen LogP contribution in [0.1, 0.15) is 52.4 Å². The van der Waals surface area contributed by atoms with Crippen LogP contribution < -0.4 is 11.1 Å². The number of piperidine rings is 1. The summed E-state index contributed by atoms with van der Waals surface area (Å²) in [6.07, 6.45) is 6.66. The van der Waals surface area contributed by atoms with Crippen LogP contribution in [0, 0.1) is 5.92 Å². The quantitative estimate of drug-likeness (QED) is 0.766. The summed E-state index contributed by atoms with van der Waals surface area (Å²) in [4.78, 5) is 14.3. The lowest BCUT2D eigenvalue weighted by molar-refractivity contribution is -0.137. The largest absolute Gasteiger partial charge is 0.341 e. The molecule has 1 amide bonds. The SMILES string of the molecule is CCCC(C)(N)C(=O)N1CCC(NCC2CC2)CC1. The average molecular weight is 267 g/mol. The Morgan fingerprint density at radius 2 is 1.95 bits per heavy atom. The maximum atomic E-state index is 12.4. The highest BCUT2D eigenvalue weighted by molar-refractivity contribution is 5.85. The van der Waals surface area contributed by atoms with E-state index in [0.717, 1.165) is 44.7 Å². The molecule has 1 saturated carbocycles. The van der Waals surface area contributed by atoms with E-state index < -0.39 is 5.54 Å². The first-order valence-electron chi connectivity index (χ1n) is 7.84. The third-order valence-corrected chi connectivity index (χ3v) is 4.43. The van der Waals surface area contributed by atoms with E-state index in [4.69, 9.17) is 5.73 Å². The van der Waals surface area contributed by atoms with Crippen LogP contribution in [0.3, 0.4) is 0 Å². The van der Waals surface area contributed by atoms with Crippen molar-refractivity contribution in [1.29, 1.82) is 0 Å². The second-order valence-corrected chi connectivity index (χ2v) is 6.59. The monoisotopic (exact) mass is 267 g/mol. The molecule has 110 valence electrons. The first-order chi connectivity index (χ1) is 9.03. The first kappa shape index (κ1) is 14.8. The summed E-state index contributed by atoms with van der Waals surface area (Å²) in [5, 5.41) is 3.64. The lowest BCUT2D eigenvalue weighted by Gasteiger charge is -2.37. The van der Waals surface area contributed by atoms with Crippen molar-refractivity contribution in [3.05, 3.63) is 0 Å². The van der Waals surface area contributed by atoms with Crippen LogP contribution >= 0.6 is 0 Å². The Hall–Kier alpha value is -0.610. The zero-order chi connectivity index (χ0) is 13.9. The van der Waals surface area contributed by atoms with Gasteiger partial charge in [-0.15, -0.1) is 0 Å². The molecule has 0 aromatic heterocycles. The van der Waals surface area contributed by atoms with E-state index in [2.05, 4.69) is 12.2 Å². The van der Waals surface area contributed by atoms with Gasteiger partial charge in [0.25, 0.3) is 0 Å². The van der Waals surface area contributed by atoms with Gasteiger partial charge in [0.15, 0.2) is 0 Å². The molecule has 0 spiro atoms. The van der Waals surface area contributed by atoms with Gasteiger partial charge in [-0.05, 0) is 51.5 Å². The fourth-order valence-electron chi connectivity index (χ4n) is 2.93. The van der Waals surface area contributed by atoms with Crippen LogP contribution in [-0.4, -0.2) is 42.0 Å². The molecular formula is C15H29N3O. The van der Waals surface area contributed by atoms with E-state index in [9.17, 15) is 4.79 Å². The maximum Gasteiger partial charge on any atom is 0.242 e. The summed E-state index contributed by atoms with van der Waals surface area (Å²) < 4.78 is 0. The summed E-state index contributed by atoms with van der Waals surface area (Å²) in [5.74, 6) is 1.06. The van der Waals surface area contributed by atoms with Gasteiger partial charge >= 0.3 is 0 Å². The molecule has 0 radical (unpaired) electrons. The normalized spacial score (nSPS) is 24.3. The zero-order valence-corrected chi connectivity index (χ0v) is 12.5. The van der Waals surface area contributed by atoms with Crippen molar-refractivity contribution < 1.29 is 4.79 Å². The van der Waals surface area contributed by atoms with Crippen LogP contribution in [0.15, 0.2) is 0 Å². The Morgan fingerprint density at radius 1 is 1.32 bits per heavy atom. The van der Waals surface area contributed by atoms with Crippen molar-refractivity contribution in [2.24, 2.45) is 11.7 Å². The zero-order valence-electron chi connectivity index (χ0n) is 12.5. The standard InChI is InChI=1S/C15H29N3O/c1-3-8-15(2,16)14(19)18-9-6-13(7-10-18)17-11-12-4-5-12/h12-13,17H,3-11,16H2,1-2H3. The molecule has 1 unspecified atom stereocenters. The second kappa shape index (κ2) is 6.23. The van der Waals surface area contributed by atoms with Gasteiger partial charge in [-0.25, -0.2) is 0 Å². The number of likely N-dealkylation sites (tertiary alicyclic amines) is 1. The number of rotatable bonds is 6. The fourth-order valence-corrected chi connectivity index (χ4v) is 2.93. The number of nitrogens with one attached hydrogen (secondary N) is 1. The molecule has 1 saturated heterocycles. The highest BCUT2D eigenvalue weighted by Gasteiger charge is 2.34. The molecule has 0 aromatic rings. The Kier molecular flexibility index (Phi) is 4.85. The number of nitrogens with zero attached hydrogens (tertiary/aromatic N) is 1. The minimum atomic E-state index is -0.678. The van der Waals surface area contributed by atoms with Crippen molar-refractivity contribution in [3.63, 3.8) is 0 Å². The summed E-state index contributed by atoms with van der Waals surface area (Å²) in [5.41, 5.74) is 5.46. The minimum Gasteiger partial charge on any atom is -0.341 e. The van der Waals surface area contributed by atoms with E-state index in [1.165, 1.54) is 19.4 Å². The highest BCUT2D eigenvalue weighted by atomic mass is 16.2. The predicted octanol–water partition coefficient (Wildman–Crippen LogP) is 1.49. The number of carbonyl (C=O) groups is 1. The van der Waals surface area contributed by atoms with Gasteiger partial charge < -0.3 is 16.0 Å². The molecule has 0 bridgehead atoms. The predicted molar refractivity (Wildman–Crippen MR) is 77.8 cm³/mol. The molecule has 3 N–H and O–H groups in total. The smallest absolute Gasteiger partial charge is 0.242 e. The Bertz CT molecular complexity index is 305. The van der Waals surface area contributed by atoms with Crippen molar-refractivity contribution in [1.82, 2.24) is 10.2 Å². The van der Waals surface area contributed by atoms with E-state index in [1.807, 2.05) is 11.8 Å². The molecule has 1 aliphatic heterocycles. The Morgan fingerprint density at radius 3 is 2.47 bits per heavy atom. The molecule has 19 heavy (non-hydrogen) atoms. The highest BCUT2D eigenvalue weighted by Crippen LogP contribution is 2.28. The number of hydrogen-bond acceptors (Lipinski definition) is 3. The van der Waals surface area contributed by atoms with Crippen LogP contribution in [0.25, 0.3) is 0 Å². The maximum absolute atomic E-state index is 12.4. The molecule has 4 nitrogen and oxygen atoms in total. The van der Waals surface area contributed by atoms with Gasteiger partial charge in [0.2, 0.25) is 5.91 Å². The Labute approximate surface area is 117 Å². The van der Waals surface area contributed by atoms with Gasteiger partial charge in [-0.1, -0.05) is 13.3 Å². The summed E-state index contributed by atoms with van der Waals surface area (Å²) in [6.45, 7) is 6.83. The number of nitrogens with two attached hydrogens (primary N) is 1. The van der Waals surface area contributed by atoms with Crippen LogP contribution in [-0.2, 0) is 4.79 Å². The van der Waals surface area contributed by atoms with Crippen LogP contribution in [0.5, 0.6) is 0 Å². The molecule has 1 atom stereocenters. The average Bonchev–Trinajstić information content (AvgIpc) is 3.20. The van der Waals surface area contributed by atoms with Gasteiger partial charge in [0, 0.05) is 19.1 Å². The van der Waals surface area contributed by atoms with Gasteiger partial charge in [0.05, 0.1) is 5.54 Å². The van der Waals surface area contributed by atoms with E-state index in [0.29, 0.717) is 6.04 Å². The van der Waals surface area contributed by atoms with Crippen molar-refractivity contribution in [2.75, 3.05) is 19.6 Å². The van der Waals surface area contributed by atoms with Crippen molar-refractivity contribution in [3.8, 4) is 0 Å². The van der Waals surface area contributed by atoms with Gasteiger partial charge in [0.1, 0.15) is 0 Å². The topological polar surface area (TPSA) is 58.4 Å². The molecule has 2 fully saturated rings. The van der Waals surface area contributed by atoms with E-state index >= 15 is 0 Å². The van der Waals surface area contributed by atoms with Crippen LogP contribution in [0.2, 0.25) is 0 Å². The van der Waals surface area contributed by atoms with Crippen molar-refractivity contribution >= 4 is 5.91 Å². The number of hydrogen-bond donors (Lipinski definition) is 2. The van der Waals surface area contributed by atoms with Gasteiger partial charge in [-0.3, -0.25) is 4.79 Å². The summed E-state index contributed by atoms with van der Waals surface area (Å²) in [6, 6.07) is 0.597. The lowest BCUT2D eigenvalue weighted by Crippen LogP contribution is -2.56. The molecule has 2 aliphatic rings. The summed E-state index contributed by atoms with van der Waals surface area (Å²) in [7, 11) is 0. The summed E-state index contributed by atoms with van der Waals surface area (Å²) >= 11 is 0. The third kappa shape index (κ3) is 4.18. The lowest BCUT2D eigenvalue weighted by atomic mass is 9.94. The molecular weight excluding hydrogens is 238 g/mol. The minimum absolute atomic E-state index is 0.134. The van der Waals surface area contributed by atoms with E-state index in [-0.39, 0.29) is 5.91 Å². The molecule has 1 heterocycles. The molecule has 4 heteroatoms. The molecule has 0 aromatic carbocycles. The first-order valence-corrected chi connectivity index (χ1v) is 7.84. The number of amides is 1. The second-order valence-electron chi connectivity index (χ2n) is 6.59. The Balaban J connectivity index is 1.73. The van der Waals surface area contributed by atoms with Gasteiger partial charge in [-0.2, -0.15) is 0 Å². The van der Waals surface area contributed by atoms with E-state index in [1.54, 1.807) is 0 Å². The van der Waals surface area contributed by atoms with Crippen LogP contribution in [0.4, 0.5) is 0 Å².